The van der Waals surface area contributed by atoms with Crippen molar-refractivity contribution in [2.45, 2.75) is 284 Å². The summed E-state index contributed by atoms with van der Waals surface area (Å²) in [5.74, 6) is -9.95. The van der Waals surface area contributed by atoms with Gasteiger partial charge in [-0.15, -0.1) is 0 Å². The molecule has 0 radical (unpaired) electrons. The van der Waals surface area contributed by atoms with Gasteiger partial charge in [0.05, 0.1) is 18.8 Å². The SMILES string of the molecule is CC(C)OC(=O)[C@@H]1O[C@H](CNC(=O)[C@@H]2O[C@H](CNC(=O)[C@@H]3O[C@H](CNC(=O)[C@@H]4O[C@H](CNC(=O)[C@@H]5O[C@H](CNC(=O)[C@@H]6O[C@H](CN=[N+]=[N-])[C@@H]7OC(C)(C)O[C@@H]76)[C@@H]6OC(C)(C)O[C@@H]65)[C@@H]5OC(C)(C)O[C@@H]54)[C@@H]4OC(C)(C)O[C@@H]43)[C@@H]3OC(C)(C)O[C@@H]32)[C@@H]2OC(C)(C)O[C@@H]21. The Hall–Kier alpha value is -4.59. The summed E-state index contributed by atoms with van der Waals surface area (Å²) < 4.78 is 117. The molecule has 0 spiro atoms. The zero-order valence-electron chi connectivity index (χ0n) is 52.7. The lowest BCUT2D eigenvalue weighted by Gasteiger charge is -2.26. The molecule has 12 aliphatic rings. The number of rotatable bonds is 19. The number of amides is 5. The topological polar surface area (TPSA) is 387 Å². The van der Waals surface area contributed by atoms with Gasteiger partial charge >= 0.3 is 5.97 Å². The van der Waals surface area contributed by atoms with Crippen LogP contribution in [0.15, 0.2) is 5.11 Å². The van der Waals surface area contributed by atoms with E-state index in [1.807, 2.05) is 0 Å². The normalized spacial score (nSPS) is 43.6. The van der Waals surface area contributed by atoms with Gasteiger partial charge < -0.3 is 117 Å². The summed E-state index contributed by atoms with van der Waals surface area (Å²) in [6.07, 6.45) is -22.0. The van der Waals surface area contributed by atoms with Crippen LogP contribution in [0, 0.1) is 0 Å². The number of hydrogen-bond donors (Lipinski definition) is 5. The summed E-state index contributed by atoms with van der Waals surface area (Å²) in [7, 11) is 0. The molecular weight excluding hydrogens is 1200 g/mol. The molecule has 12 aliphatic heterocycles. The molecule has 24 atom stereocenters. The molecule has 12 heterocycles. The van der Waals surface area contributed by atoms with E-state index in [4.69, 9.17) is 95.5 Å². The van der Waals surface area contributed by atoms with E-state index >= 15 is 0 Å². The Bertz CT molecular complexity index is 2840. The first kappa shape index (κ1) is 65.5. The summed E-state index contributed by atoms with van der Waals surface area (Å²) in [6.45, 7) is 23.3. The third-order valence-electron chi connectivity index (χ3n) is 17.5. The molecule has 5 amide bonds. The van der Waals surface area contributed by atoms with Crippen molar-refractivity contribution in [3.8, 4) is 0 Å². The number of nitrogens with one attached hydrogen (secondary N) is 5. The van der Waals surface area contributed by atoms with Crippen molar-refractivity contribution in [1.29, 1.82) is 0 Å². The standard InChI is InChI=1S/C57H84N8O25/c1-21(2)72-51(71)45-39-32(83-57(13,14)90-39)26(78-45)19-63-49(69)43-37-30(81-55(9,10)88-37)24(76-43)17-61-47(67)41-35-28(79-53(5,6)86-35)22(74-41)15-59-46(66)40-34-29(80-52(3,4)85-34)23(73-40)16-60-48(68)42-36-31(82-54(7,8)87-36)25(75-42)18-62-50(70)44-38-33(84-56(11,12)89-38)27(77-44)20-64-65-58/h21-45H,15-20H2,1-14H3,(H,59,66)(H,60,68)(H,61,67)(H,62,70)(H,63,69)/t22-,23-,24-,25-,26-,27-,28+,29+,30+,31+,32+,33+,34+,35+,36+,37+,38+,39+,40-,41-,42-,43-,44-,45-/m1/s1. The van der Waals surface area contributed by atoms with Gasteiger partial charge in [0.15, 0.2) is 71.3 Å². The molecule has 0 unspecified atom stereocenters. The fourth-order valence-electron chi connectivity index (χ4n) is 14.2. The van der Waals surface area contributed by atoms with Crippen molar-refractivity contribution in [2.75, 3.05) is 39.3 Å². The Morgan fingerprint density at radius 3 is 0.789 bits per heavy atom. The Balaban J connectivity index is 0.639. The van der Waals surface area contributed by atoms with E-state index in [0.29, 0.717) is 0 Å². The molecule has 5 N–H and O–H groups in total. The molecule has 33 heteroatoms. The van der Waals surface area contributed by atoms with Crippen LogP contribution in [0.2, 0.25) is 0 Å². The van der Waals surface area contributed by atoms with Crippen LogP contribution in [-0.2, 0) is 119 Å². The fraction of sp³-hybridized carbons (Fsp3) is 0.895. The average Bonchev–Trinajstić information content (AvgIpc) is 1.65. The first-order chi connectivity index (χ1) is 42.2. The zero-order chi connectivity index (χ0) is 64.5. The minimum Gasteiger partial charge on any atom is -0.461 e. The van der Waals surface area contributed by atoms with Crippen LogP contribution in [0.4, 0.5) is 0 Å². The van der Waals surface area contributed by atoms with Crippen LogP contribution in [0.25, 0.3) is 10.4 Å². The van der Waals surface area contributed by atoms with E-state index < -0.39 is 223 Å². The fourth-order valence-corrected chi connectivity index (χ4v) is 14.2. The molecule has 33 nitrogen and oxygen atoms in total. The maximum atomic E-state index is 14.3. The molecule has 0 saturated carbocycles. The number of ether oxygens (including phenoxy) is 19. The van der Waals surface area contributed by atoms with E-state index in [1.165, 1.54) is 0 Å². The predicted octanol–water partition coefficient (Wildman–Crippen LogP) is -1.45. The molecule has 0 bridgehead atoms. The van der Waals surface area contributed by atoms with Gasteiger partial charge in [-0.05, 0) is 102 Å². The first-order valence-corrected chi connectivity index (χ1v) is 30.8. The van der Waals surface area contributed by atoms with Crippen LogP contribution < -0.4 is 26.6 Å². The van der Waals surface area contributed by atoms with Crippen LogP contribution in [0.5, 0.6) is 0 Å². The highest BCUT2D eigenvalue weighted by molar-refractivity contribution is 5.85. The molecular formula is C57H84N8O25. The summed E-state index contributed by atoms with van der Waals surface area (Å²) in [6, 6.07) is 0. The van der Waals surface area contributed by atoms with Gasteiger partial charge in [0.2, 0.25) is 0 Å². The molecule has 0 aromatic heterocycles. The minimum atomic E-state index is -1.23. The van der Waals surface area contributed by atoms with E-state index in [2.05, 4.69) is 36.6 Å². The molecule has 12 fully saturated rings. The van der Waals surface area contributed by atoms with Gasteiger partial charge in [0.1, 0.15) is 104 Å². The van der Waals surface area contributed by atoms with Crippen molar-refractivity contribution >= 4 is 35.5 Å². The zero-order valence-corrected chi connectivity index (χ0v) is 52.7. The van der Waals surface area contributed by atoms with Crippen LogP contribution in [-0.4, -0.2) is 262 Å². The second kappa shape index (κ2) is 24.0. The maximum Gasteiger partial charge on any atom is 0.338 e. The van der Waals surface area contributed by atoms with Gasteiger partial charge in [0.25, 0.3) is 29.5 Å². The second-order valence-electron chi connectivity index (χ2n) is 27.6. The predicted molar refractivity (Wildman–Crippen MR) is 295 cm³/mol. The lowest BCUT2D eigenvalue weighted by Crippen LogP contribution is -2.48. The Kier molecular flexibility index (Phi) is 17.5. The number of azide groups is 1. The Morgan fingerprint density at radius 1 is 0.356 bits per heavy atom. The third kappa shape index (κ3) is 13.0. The Labute approximate surface area is 518 Å². The molecule has 502 valence electrons. The van der Waals surface area contributed by atoms with Crippen molar-refractivity contribution in [2.24, 2.45) is 5.11 Å². The van der Waals surface area contributed by atoms with E-state index in [-0.39, 0.29) is 39.3 Å². The number of carbonyl (C=O) groups excluding carboxylic acids is 6. The Morgan fingerprint density at radius 2 is 0.556 bits per heavy atom. The molecule has 0 aromatic carbocycles. The minimum absolute atomic E-state index is 0.0693. The highest BCUT2D eigenvalue weighted by atomic mass is 16.8. The highest BCUT2D eigenvalue weighted by Gasteiger charge is 2.64. The molecule has 0 aliphatic carbocycles. The molecule has 90 heavy (non-hydrogen) atoms. The molecule has 12 saturated heterocycles. The van der Waals surface area contributed by atoms with Crippen molar-refractivity contribution in [3.05, 3.63) is 10.4 Å². The number of esters is 1. The van der Waals surface area contributed by atoms with E-state index in [1.54, 1.807) is 96.9 Å². The summed E-state index contributed by atoms with van der Waals surface area (Å²) in [5, 5.41) is 18.0. The smallest absolute Gasteiger partial charge is 0.338 e. The van der Waals surface area contributed by atoms with Crippen LogP contribution in [0.1, 0.15) is 96.9 Å². The van der Waals surface area contributed by atoms with Crippen molar-refractivity contribution < 1.29 is 119 Å². The van der Waals surface area contributed by atoms with E-state index in [9.17, 15) is 28.8 Å². The number of carbonyl (C=O) groups is 6. The van der Waals surface area contributed by atoms with Gasteiger partial charge in [-0.2, -0.15) is 0 Å². The highest BCUT2D eigenvalue weighted by Crippen LogP contribution is 2.45. The number of fused-ring (bicyclic) bond motifs is 6. The number of nitrogens with zero attached hydrogens (tertiary/aromatic N) is 3. The van der Waals surface area contributed by atoms with Crippen molar-refractivity contribution in [3.63, 3.8) is 0 Å². The monoisotopic (exact) mass is 1280 g/mol. The lowest BCUT2D eigenvalue weighted by atomic mass is 10.1. The quantitative estimate of drug-likeness (QED) is 0.0428. The molecule has 0 aromatic rings. The van der Waals surface area contributed by atoms with Gasteiger partial charge in [-0.25, -0.2) is 4.79 Å². The third-order valence-corrected chi connectivity index (χ3v) is 17.5. The van der Waals surface area contributed by atoms with Crippen LogP contribution in [0.3, 0.4) is 0 Å². The summed E-state index contributed by atoms with van der Waals surface area (Å²) >= 11 is 0. The lowest BCUT2D eigenvalue weighted by molar-refractivity contribution is -0.198. The summed E-state index contributed by atoms with van der Waals surface area (Å²) in [4.78, 5) is 86.1. The summed E-state index contributed by atoms with van der Waals surface area (Å²) in [5.41, 5.74) is 8.93. The number of hydrogen-bond acceptors (Lipinski definition) is 26. The largest absolute Gasteiger partial charge is 0.461 e. The maximum absolute atomic E-state index is 14.3. The van der Waals surface area contributed by atoms with Crippen LogP contribution >= 0.6 is 0 Å². The average molecular weight is 1280 g/mol. The first-order valence-electron chi connectivity index (χ1n) is 30.8. The second-order valence-corrected chi connectivity index (χ2v) is 27.6. The van der Waals surface area contributed by atoms with Gasteiger partial charge in [-0.3, -0.25) is 24.0 Å². The van der Waals surface area contributed by atoms with Crippen molar-refractivity contribution in [1.82, 2.24) is 26.6 Å². The van der Waals surface area contributed by atoms with Gasteiger partial charge in [0, 0.05) is 37.6 Å². The molecule has 12 rings (SSSR count). The van der Waals surface area contributed by atoms with Gasteiger partial charge in [-0.1, -0.05) is 5.11 Å². The van der Waals surface area contributed by atoms with E-state index in [0.717, 1.165) is 0 Å².